The molecule has 0 radical (unpaired) electrons. The van der Waals surface area contributed by atoms with Gasteiger partial charge in [0.25, 0.3) is 0 Å². The van der Waals surface area contributed by atoms with Gasteiger partial charge in [0.05, 0.1) is 0 Å². The summed E-state index contributed by atoms with van der Waals surface area (Å²) in [6.07, 6.45) is 15.1. The Kier molecular flexibility index (Phi) is 2.94. The van der Waals surface area contributed by atoms with Crippen LogP contribution in [0.5, 0.6) is 0 Å². The Labute approximate surface area is 112 Å². The lowest BCUT2D eigenvalue weighted by molar-refractivity contribution is -0.0202. The number of nitrogens with two attached hydrogens (primary N) is 1. The normalized spacial score (nSPS) is 55.5. The molecular formula is C17H29N. The summed E-state index contributed by atoms with van der Waals surface area (Å²) in [6.45, 7) is 0. The molecule has 4 aliphatic rings. The maximum absolute atomic E-state index is 6.34. The van der Waals surface area contributed by atoms with Gasteiger partial charge in [0.15, 0.2) is 0 Å². The summed E-state index contributed by atoms with van der Waals surface area (Å²) in [5, 5.41) is 0. The van der Waals surface area contributed by atoms with Crippen molar-refractivity contribution in [3.05, 3.63) is 0 Å². The van der Waals surface area contributed by atoms with Crippen LogP contribution in [-0.2, 0) is 0 Å². The van der Waals surface area contributed by atoms with E-state index in [1.807, 2.05) is 0 Å². The van der Waals surface area contributed by atoms with E-state index in [0.717, 1.165) is 35.5 Å². The molecule has 0 heterocycles. The van der Waals surface area contributed by atoms with Crippen LogP contribution < -0.4 is 5.73 Å². The van der Waals surface area contributed by atoms with Gasteiger partial charge in [-0.05, 0) is 80.5 Å². The number of fused-ring (bicyclic) bond motifs is 5. The van der Waals surface area contributed by atoms with Gasteiger partial charge in [0, 0.05) is 6.04 Å². The van der Waals surface area contributed by atoms with E-state index in [0.29, 0.717) is 6.04 Å². The smallest absolute Gasteiger partial charge is 0.00700 e. The van der Waals surface area contributed by atoms with Crippen LogP contribution in [0.4, 0.5) is 0 Å². The average molecular weight is 247 g/mol. The van der Waals surface area contributed by atoms with Crippen LogP contribution in [0.15, 0.2) is 0 Å². The molecule has 102 valence electrons. The van der Waals surface area contributed by atoms with Crippen molar-refractivity contribution in [2.45, 2.75) is 70.3 Å². The predicted octanol–water partition coefficient (Wildman–Crippen LogP) is 3.97. The first-order valence-electron chi connectivity index (χ1n) is 8.60. The molecule has 1 nitrogen and oxygen atoms in total. The first-order valence-corrected chi connectivity index (χ1v) is 8.60. The lowest BCUT2D eigenvalue weighted by atomic mass is 9.54. The average Bonchev–Trinajstić information content (AvgIpc) is 2.80. The lowest BCUT2D eigenvalue weighted by Crippen LogP contribution is -2.45. The highest BCUT2D eigenvalue weighted by Gasteiger charge is 2.50. The van der Waals surface area contributed by atoms with Crippen LogP contribution in [0, 0.1) is 35.5 Å². The van der Waals surface area contributed by atoms with Crippen molar-refractivity contribution in [3.8, 4) is 0 Å². The summed E-state index contributed by atoms with van der Waals surface area (Å²) >= 11 is 0. The molecule has 0 bridgehead atoms. The third-order valence-corrected chi connectivity index (χ3v) is 7.26. The van der Waals surface area contributed by atoms with E-state index >= 15 is 0 Å². The zero-order chi connectivity index (χ0) is 12.1. The van der Waals surface area contributed by atoms with Crippen molar-refractivity contribution in [1.82, 2.24) is 0 Å². The molecule has 0 saturated heterocycles. The van der Waals surface area contributed by atoms with Gasteiger partial charge in [-0.15, -0.1) is 0 Å². The minimum Gasteiger partial charge on any atom is -0.327 e. The van der Waals surface area contributed by atoms with E-state index in [2.05, 4.69) is 0 Å². The third-order valence-electron chi connectivity index (χ3n) is 7.26. The molecule has 1 heteroatoms. The Bertz CT molecular complexity index is 309. The van der Waals surface area contributed by atoms with Crippen molar-refractivity contribution < 1.29 is 0 Å². The van der Waals surface area contributed by atoms with Gasteiger partial charge in [-0.2, -0.15) is 0 Å². The Morgan fingerprint density at radius 3 is 2.06 bits per heavy atom. The first-order chi connectivity index (χ1) is 8.84. The maximum Gasteiger partial charge on any atom is 0.00700 e. The topological polar surface area (TPSA) is 26.0 Å². The van der Waals surface area contributed by atoms with E-state index in [1.165, 1.54) is 38.5 Å². The van der Waals surface area contributed by atoms with Crippen molar-refractivity contribution >= 4 is 0 Å². The predicted molar refractivity (Wildman–Crippen MR) is 75.1 cm³/mol. The molecule has 4 saturated carbocycles. The standard InChI is InChI=1S/C17H29N/c18-17-10-9-15-14-6-5-11-3-1-2-4-12(11)13(14)7-8-16(15)17/h11-17H,1-10,18H2. The van der Waals surface area contributed by atoms with Crippen molar-refractivity contribution in [2.24, 2.45) is 41.2 Å². The summed E-state index contributed by atoms with van der Waals surface area (Å²) in [7, 11) is 0. The van der Waals surface area contributed by atoms with Crippen LogP contribution in [0.1, 0.15) is 64.2 Å². The second-order valence-corrected chi connectivity index (χ2v) is 7.76. The fourth-order valence-corrected chi connectivity index (χ4v) is 6.53. The highest BCUT2D eigenvalue weighted by atomic mass is 14.7. The molecule has 7 unspecified atom stereocenters. The minimum absolute atomic E-state index is 0.556. The fourth-order valence-electron chi connectivity index (χ4n) is 6.53. The van der Waals surface area contributed by atoms with Crippen molar-refractivity contribution in [2.75, 3.05) is 0 Å². The van der Waals surface area contributed by atoms with Crippen LogP contribution in [0.25, 0.3) is 0 Å². The minimum atomic E-state index is 0.556. The molecule has 0 aliphatic heterocycles. The van der Waals surface area contributed by atoms with Gasteiger partial charge in [0.2, 0.25) is 0 Å². The van der Waals surface area contributed by atoms with Gasteiger partial charge in [0.1, 0.15) is 0 Å². The molecule has 7 atom stereocenters. The highest BCUT2D eigenvalue weighted by Crippen LogP contribution is 2.57. The Hall–Kier alpha value is -0.0400. The first kappa shape index (κ1) is 11.8. The molecule has 18 heavy (non-hydrogen) atoms. The Morgan fingerprint density at radius 1 is 0.500 bits per heavy atom. The lowest BCUT2D eigenvalue weighted by Gasteiger charge is -2.52. The second-order valence-electron chi connectivity index (χ2n) is 7.76. The summed E-state index contributed by atoms with van der Waals surface area (Å²) in [4.78, 5) is 0. The highest BCUT2D eigenvalue weighted by molar-refractivity contribution is 5.01. The van der Waals surface area contributed by atoms with E-state index in [1.54, 1.807) is 25.7 Å². The Morgan fingerprint density at radius 2 is 1.11 bits per heavy atom. The molecule has 0 aromatic rings. The van der Waals surface area contributed by atoms with Crippen molar-refractivity contribution in [1.29, 1.82) is 0 Å². The largest absolute Gasteiger partial charge is 0.327 e. The molecule has 4 rings (SSSR count). The zero-order valence-electron chi connectivity index (χ0n) is 11.7. The zero-order valence-corrected chi connectivity index (χ0v) is 11.7. The van der Waals surface area contributed by atoms with Gasteiger partial charge in [-0.3, -0.25) is 0 Å². The molecule has 0 amide bonds. The SMILES string of the molecule is NC1CCC2C1CCC1C3CCCCC3CCC21. The van der Waals surface area contributed by atoms with E-state index < -0.39 is 0 Å². The van der Waals surface area contributed by atoms with Crippen LogP contribution >= 0.6 is 0 Å². The molecular weight excluding hydrogens is 218 g/mol. The molecule has 4 fully saturated rings. The fraction of sp³-hybridized carbons (Fsp3) is 1.00. The summed E-state index contributed by atoms with van der Waals surface area (Å²) in [5.41, 5.74) is 6.34. The number of hydrogen-bond acceptors (Lipinski definition) is 1. The summed E-state index contributed by atoms with van der Waals surface area (Å²) in [5.74, 6) is 6.36. The van der Waals surface area contributed by atoms with Gasteiger partial charge in [-0.25, -0.2) is 0 Å². The molecule has 0 aromatic heterocycles. The summed E-state index contributed by atoms with van der Waals surface area (Å²) in [6, 6.07) is 0.556. The Balaban J connectivity index is 1.55. The van der Waals surface area contributed by atoms with Gasteiger partial charge in [-0.1, -0.05) is 19.3 Å². The van der Waals surface area contributed by atoms with E-state index in [9.17, 15) is 0 Å². The van der Waals surface area contributed by atoms with Gasteiger partial charge < -0.3 is 5.73 Å². The molecule has 0 spiro atoms. The quantitative estimate of drug-likeness (QED) is 0.689. The molecule has 4 aliphatic carbocycles. The van der Waals surface area contributed by atoms with E-state index in [-0.39, 0.29) is 0 Å². The van der Waals surface area contributed by atoms with Crippen LogP contribution in [0.3, 0.4) is 0 Å². The second kappa shape index (κ2) is 4.51. The molecule has 0 aromatic carbocycles. The summed E-state index contributed by atoms with van der Waals surface area (Å²) < 4.78 is 0. The third kappa shape index (κ3) is 1.69. The van der Waals surface area contributed by atoms with Crippen LogP contribution in [0.2, 0.25) is 0 Å². The molecule has 2 N–H and O–H groups in total. The maximum atomic E-state index is 6.34. The number of hydrogen-bond donors (Lipinski definition) is 1. The monoisotopic (exact) mass is 247 g/mol. The van der Waals surface area contributed by atoms with Crippen molar-refractivity contribution in [3.63, 3.8) is 0 Å². The van der Waals surface area contributed by atoms with E-state index in [4.69, 9.17) is 5.73 Å². The number of rotatable bonds is 0. The van der Waals surface area contributed by atoms with Crippen LogP contribution in [-0.4, -0.2) is 6.04 Å². The van der Waals surface area contributed by atoms with Gasteiger partial charge >= 0.3 is 0 Å².